The molecule has 0 amide bonds. The molecule has 0 bridgehead atoms. The third kappa shape index (κ3) is 2.72. The monoisotopic (exact) mass is 297 g/mol. The van der Waals surface area contributed by atoms with Crippen LogP contribution in [0, 0.1) is 0 Å². The van der Waals surface area contributed by atoms with Crippen LogP contribution in [-0.4, -0.2) is 9.55 Å². The van der Waals surface area contributed by atoms with Crippen LogP contribution in [0.2, 0.25) is 10.0 Å². The molecule has 1 aromatic heterocycles. The summed E-state index contributed by atoms with van der Waals surface area (Å²) in [5.74, 6) is 1.54. The lowest BCUT2D eigenvalue weighted by Crippen LogP contribution is -2.17. The lowest BCUT2D eigenvalue weighted by molar-refractivity contribution is 0.524. The van der Waals surface area contributed by atoms with Gasteiger partial charge in [0, 0.05) is 28.1 Å². The van der Waals surface area contributed by atoms with Crippen LogP contribution in [0.3, 0.4) is 0 Å². The van der Waals surface area contributed by atoms with Crippen molar-refractivity contribution in [3.63, 3.8) is 0 Å². The minimum atomic E-state index is -0.0799. The van der Waals surface area contributed by atoms with Crippen LogP contribution in [0.5, 0.6) is 0 Å². The normalized spacial score (nSPS) is 11.9. The molecule has 0 aliphatic heterocycles. The maximum Gasteiger partial charge on any atom is 0.131 e. The molecule has 0 saturated carbocycles. The average Bonchev–Trinajstić information content (AvgIpc) is 2.54. The first-order chi connectivity index (χ1) is 8.70. The summed E-state index contributed by atoms with van der Waals surface area (Å²) in [5.41, 5.74) is 7.62. The van der Waals surface area contributed by atoms with E-state index in [2.05, 4.69) is 25.8 Å². The highest BCUT2D eigenvalue weighted by Crippen LogP contribution is 2.33. The van der Waals surface area contributed by atoms with Crippen molar-refractivity contribution >= 4 is 29.0 Å². The van der Waals surface area contributed by atoms with Crippen LogP contribution in [0.1, 0.15) is 26.6 Å². The number of nitrogens with zero attached hydrogens (tertiary/aromatic N) is 2. The van der Waals surface area contributed by atoms with E-state index in [1.807, 2.05) is 23.7 Å². The van der Waals surface area contributed by atoms with Gasteiger partial charge in [-0.15, -0.1) is 0 Å². The number of nitrogen functional groups attached to an aromatic ring is 1. The Balaban J connectivity index is 2.64. The smallest absolute Gasteiger partial charge is 0.131 e. The van der Waals surface area contributed by atoms with Gasteiger partial charge < -0.3 is 10.3 Å². The van der Waals surface area contributed by atoms with E-state index in [1.54, 1.807) is 6.07 Å². The summed E-state index contributed by atoms with van der Waals surface area (Å²) in [5, 5.41) is 1.15. The van der Waals surface area contributed by atoms with Crippen LogP contribution in [0.4, 0.5) is 5.82 Å². The van der Waals surface area contributed by atoms with Crippen molar-refractivity contribution in [2.24, 2.45) is 7.05 Å². The topological polar surface area (TPSA) is 43.8 Å². The molecule has 1 aromatic carbocycles. The molecule has 3 nitrogen and oxygen atoms in total. The summed E-state index contributed by atoms with van der Waals surface area (Å²) in [6, 6.07) is 5.33. The zero-order chi connectivity index (χ0) is 14.4. The highest BCUT2D eigenvalue weighted by molar-refractivity contribution is 6.35. The molecule has 0 atom stereocenters. The third-order valence-corrected chi connectivity index (χ3v) is 3.38. The van der Waals surface area contributed by atoms with Crippen molar-refractivity contribution < 1.29 is 0 Å². The largest absolute Gasteiger partial charge is 0.383 e. The highest BCUT2D eigenvalue weighted by atomic mass is 35.5. The van der Waals surface area contributed by atoms with E-state index < -0.39 is 0 Å². The Morgan fingerprint density at radius 3 is 2.05 bits per heavy atom. The number of imidazole rings is 1. The van der Waals surface area contributed by atoms with Gasteiger partial charge in [0.2, 0.25) is 0 Å². The number of benzene rings is 1. The van der Waals surface area contributed by atoms with Gasteiger partial charge in [-0.05, 0) is 18.2 Å². The number of aromatic nitrogens is 2. The third-order valence-electron chi connectivity index (χ3n) is 2.95. The summed E-state index contributed by atoms with van der Waals surface area (Å²) >= 11 is 12.1. The Labute approximate surface area is 123 Å². The first-order valence-corrected chi connectivity index (χ1v) is 6.75. The number of anilines is 1. The fourth-order valence-corrected chi connectivity index (χ4v) is 2.61. The molecular weight excluding hydrogens is 281 g/mol. The van der Waals surface area contributed by atoms with Gasteiger partial charge in [0.05, 0.1) is 0 Å². The van der Waals surface area contributed by atoms with Crippen molar-refractivity contribution in [2.75, 3.05) is 5.73 Å². The Bertz CT molecular complexity index is 604. The molecule has 0 saturated heterocycles. The molecule has 5 heteroatoms. The molecule has 0 fully saturated rings. The van der Waals surface area contributed by atoms with Gasteiger partial charge in [-0.25, -0.2) is 4.98 Å². The zero-order valence-electron chi connectivity index (χ0n) is 11.5. The molecule has 0 radical (unpaired) electrons. The fourth-order valence-electron chi connectivity index (χ4n) is 2.08. The molecular formula is C14H17Cl2N3. The van der Waals surface area contributed by atoms with E-state index in [-0.39, 0.29) is 5.41 Å². The molecule has 2 N–H and O–H groups in total. The first kappa shape index (κ1) is 14.2. The Morgan fingerprint density at radius 1 is 1.11 bits per heavy atom. The lowest BCUT2D eigenvalue weighted by Gasteiger charge is -2.17. The van der Waals surface area contributed by atoms with Gasteiger partial charge in [0.15, 0.2) is 0 Å². The summed E-state index contributed by atoms with van der Waals surface area (Å²) < 4.78 is 1.91. The van der Waals surface area contributed by atoms with E-state index in [0.717, 1.165) is 17.1 Å². The average molecular weight is 298 g/mol. The maximum absolute atomic E-state index is 6.15. The van der Waals surface area contributed by atoms with Crippen molar-refractivity contribution in [1.29, 1.82) is 0 Å². The van der Waals surface area contributed by atoms with Crippen LogP contribution < -0.4 is 5.73 Å². The summed E-state index contributed by atoms with van der Waals surface area (Å²) in [7, 11) is 1.92. The van der Waals surface area contributed by atoms with Gasteiger partial charge in [0.25, 0.3) is 0 Å². The maximum atomic E-state index is 6.15. The van der Waals surface area contributed by atoms with Crippen molar-refractivity contribution in [2.45, 2.75) is 26.2 Å². The Kier molecular flexibility index (Phi) is 3.54. The quantitative estimate of drug-likeness (QED) is 0.854. The van der Waals surface area contributed by atoms with E-state index >= 15 is 0 Å². The van der Waals surface area contributed by atoms with E-state index in [4.69, 9.17) is 28.9 Å². The molecule has 0 aliphatic rings. The predicted octanol–water partition coefficient (Wildman–Crippen LogP) is 4.27. The molecule has 0 aliphatic carbocycles. The van der Waals surface area contributed by atoms with Gasteiger partial charge in [-0.2, -0.15) is 0 Å². The summed E-state index contributed by atoms with van der Waals surface area (Å²) in [6.45, 7) is 6.30. The summed E-state index contributed by atoms with van der Waals surface area (Å²) in [4.78, 5) is 4.65. The molecule has 19 heavy (non-hydrogen) atoms. The van der Waals surface area contributed by atoms with Crippen molar-refractivity contribution in [3.8, 4) is 11.3 Å². The number of hydrogen-bond donors (Lipinski definition) is 1. The summed E-state index contributed by atoms with van der Waals surface area (Å²) in [6.07, 6.45) is 0. The van der Waals surface area contributed by atoms with Gasteiger partial charge in [-0.1, -0.05) is 44.0 Å². The highest BCUT2D eigenvalue weighted by Gasteiger charge is 2.23. The van der Waals surface area contributed by atoms with Crippen LogP contribution in [0.15, 0.2) is 18.2 Å². The second kappa shape index (κ2) is 4.73. The van der Waals surface area contributed by atoms with E-state index in [9.17, 15) is 0 Å². The van der Waals surface area contributed by atoms with Crippen molar-refractivity contribution in [1.82, 2.24) is 9.55 Å². The first-order valence-electron chi connectivity index (χ1n) is 5.99. The van der Waals surface area contributed by atoms with Crippen molar-refractivity contribution in [3.05, 3.63) is 34.1 Å². The zero-order valence-corrected chi connectivity index (χ0v) is 13.0. The number of halogens is 2. The van der Waals surface area contributed by atoms with Crippen LogP contribution >= 0.6 is 23.2 Å². The SMILES string of the molecule is Cn1c(C(C)(C)C)nc(-c2cc(Cl)cc(Cl)c2)c1N. The lowest BCUT2D eigenvalue weighted by atomic mass is 9.96. The molecule has 1 heterocycles. The number of rotatable bonds is 1. The van der Waals surface area contributed by atoms with Crippen LogP contribution in [0.25, 0.3) is 11.3 Å². The van der Waals surface area contributed by atoms with E-state index in [0.29, 0.717) is 15.9 Å². The Hall–Kier alpha value is -1.19. The number of hydrogen-bond acceptors (Lipinski definition) is 2. The second-order valence-electron chi connectivity index (χ2n) is 5.64. The molecule has 0 spiro atoms. The van der Waals surface area contributed by atoms with Gasteiger partial charge in [-0.3, -0.25) is 0 Å². The van der Waals surface area contributed by atoms with Gasteiger partial charge >= 0.3 is 0 Å². The second-order valence-corrected chi connectivity index (χ2v) is 6.51. The molecule has 2 aromatic rings. The van der Waals surface area contributed by atoms with E-state index in [1.165, 1.54) is 0 Å². The number of nitrogens with two attached hydrogens (primary N) is 1. The predicted molar refractivity (Wildman–Crippen MR) is 81.8 cm³/mol. The van der Waals surface area contributed by atoms with Gasteiger partial charge in [0.1, 0.15) is 17.3 Å². The Morgan fingerprint density at radius 2 is 1.63 bits per heavy atom. The minimum absolute atomic E-state index is 0.0799. The standard InChI is InChI=1S/C14H17Cl2N3/c1-14(2,3)13-18-11(12(17)19(13)4)8-5-9(15)7-10(16)6-8/h5-7H,17H2,1-4H3. The minimum Gasteiger partial charge on any atom is -0.383 e. The molecule has 0 unspecified atom stereocenters. The van der Waals surface area contributed by atoms with Crippen LogP contribution in [-0.2, 0) is 12.5 Å². The fraction of sp³-hybridized carbons (Fsp3) is 0.357. The molecule has 102 valence electrons. The molecule has 2 rings (SSSR count).